The van der Waals surface area contributed by atoms with Crippen molar-refractivity contribution >= 4 is 5.97 Å². The smallest absolute Gasteiger partial charge is 0.306 e. The fourth-order valence-corrected chi connectivity index (χ4v) is 1.33. The summed E-state index contributed by atoms with van der Waals surface area (Å²) in [6.07, 6.45) is -0.0741. The van der Waals surface area contributed by atoms with Gasteiger partial charge in [-0.2, -0.15) is 0 Å². The minimum Gasteiger partial charge on any atom is -0.494 e. The van der Waals surface area contributed by atoms with Gasteiger partial charge in [-0.15, -0.1) is 0 Å². The van der Waals surface area contributed by atoms with Gasteiger partial charge >= 0.3 is 5.97 Å². The van der Waals surface area contributed by atoms with Crippen molar-refractivity contribution in [2.45, 2.75) is 13.3 Å². The summed E-state index contributed by atoms with van der Waals surface area (Å²) in [5.41, 5.74) is 0.00625. The van der Waals surface area contributed by atoms with Gasteiger partial charge in [-0.1, -0.05) is 6.92 Å². The Labute approximate surface area is 91.7 Å². The number of carboxylic acid groups (broad SMARTS) is 1. The van der Waals surface area contributed by atoms with Crippen LogP contribution in [0, 0.1) is 17.6 Å². The predicted octanol–water partition coefficient (Wildman–Crippen LogP) is 2.24. The summed E-state index contributed by atoms with van der Waals surface area (Å²) < 4.78 is 31.3. The Morgan fingerprint density at radius 2 is 2.12 bits per heavy atom. The number of rotatable bonds is 4. The van der Waals surface area contributed by atoms with E-state index in [0.717, 1.165) is 12.1 Å². The molecule has 0 aliphatic heterocycles. The summed E-state index contributed by atoms with van der Waals surface area (Å²) >= 11 is 0. The average molecular weight is 230 g/mol. The van der Waals surface area contributed by atoms with Crippen LogP contribution in [0.1, 0.15) is 12.5 Å². The fourth-order valence-electron chi connectivity index (χ4n) is 1.33. The van der Waals surface area contributed by atoms with Gasteiger partial charge in [-0.3, -0.25) is 4.79 Å². The Morgan fingerprint density at radius 1 is 1.50 bits per heavy atom. The number of methoxy groups -OCH3 is 1. The lowest BCUT2D eigenvalue weighted by atomic mass is 10.0. The maximum absolute atomic E-state index is 13.6. The number of hydrogen-bond donors (Lipinski definition) is 1. The maximum atomic E-state index is 13.6. The SMILES string of the molecule is COc1cc(F)cc(CC(C)C(=O)O)c1F. The van der Waals surface area contributed by atoms with Gasteiger partial charge in [0, 0.05) is 6.07 Å². The molecule has 88 valence electrons. The summed E-state index contributed by atoms with van der Waals surface area (Å²) in [6, 6.07) is 1.90. The van der Waals surface area contributed by atoms with E-state index in [-0.39, 0.29) is 17.7 Å². The van der Waals surface area contributed by atoms with E-state index >= 15 is 0 Å². The molecule has 0 aromatic heterocycles. The molecule has 0 amide bonds. The van der Waals surface area contributed by atoms with Gasteiger partial charge in [0.2, 0.25) is 0 Å². The molecule has 3 nitrogen and oxygen atoms in total. The highest BCUT2D eigenvalue weighted by atomic mass is 19.1. The van der Waals surface area contributed by atoms with Crippen LogP contribution in [0.3, 0.4) is 0 Å². The predicted molar refractivity (Wildman–Crippen MR) is 53.4 cm³/mol. The van der Waals surface area contributed by atoms with E-state index in [4.69, 9.17) is 5.11 Å². The lowest BCUT2D eigenvalue weighted by Crippen LogP contribution is -2.13. The normalized spacial score (nSPS) is 12.2. The Bertz CT molecular complexity index is 404. The first kappa shape index (κ1) is 12.4. The second kappa shape index (κ2) is 4.92. The molecule has 0 fully saturated rings. The third-order valence-electron chi connectivity index (χ3n) is 2.25. The second-order valence-electron chi connectivity index (χ2n) is 3.52. The summed E-state index contributed by atoms with van der Waals surface area (Å²) in [4.78, 5) is 10.6. The van der Waals surface area contributed by atoms with Gasteiger partial charge in [0.15, 0.2) is 11.6 Å². The number of carboxylic acids is 1. The first-order valence-corrected chi connectivity index (χ1v) is 4.70. The molecule has 0 bridgehead atoms. The summed E-state index contributed by atoms with van der Waals surface area (Å²) in [6.45, 7) is 1.43. The zero-order valence-electron chi connectivity index (χ0n) is 8.96. The molecule has 5 heteroatoms. The average Bonchev–Trinajstić information content (AvgIpc) is 2.22. The first-order chi connectivity index (χ1) is 7.45. The third-order valence-corrected chi connectivity index (χ3v) is 2.25. The lowest BCUT2D eigenvalue weighted by Gasteiger charge is -2.10. The van der Waals surface area contributed by atoms with Gasteiger partial charge in [0.25, 0.3) is 0 Å². The van der Waals surface area contributed by atoms with E-state index in [1.54, 1.807) is 0 Å². The number of carbonyl (C=O) groups is 1. The maximum Gasteiger partial charge on any atom is 0.306 e. The van der Waals surface area contributed by atoms with E-state index in [9.17, 15) is 13.6 Å². The number of halogens is 2. The summed E-state index contributed by atoms with van der Waals surface area (Å²) in [7, 11) is 1.22. The van der Waals surface area contributed by atoms with Crippen LogP contribution in [-0.2, 0) is 11.2 Å². The van der Waals surface area contributed by atoms with Crippen molar-refractivity contribution in [3.63, 3.8) is 0 Å². The van der Waals surface area contributed by atoms with Gasteiger partial charge in [-0.25, -0.2) is 8.78 Å². The Hall–Kier alpha value is -1.65. The highest BCUT2D eigenvalue weighted by Crippen LogP contribution is 2.24. The second-order valence-corrected chi connectivity index (χ2v) is 3.52. The zero-order chi connectivity index (χ0) is 12.3. The molecule has 1 rings (SSSR count). The number of benzene rings is 1. The van der Waals surface area contributed by atoms with Crippen molar-refractivity contribution in [2.24, 2.45) is 5.92 Å². The molecule has 0 heterocycles. The Kier molecular flexibility index (Phi) is 3.82. The van der Waals surface area contributed by atoms with Crippen LogP contribution in [0.15, 0.2) is 12.1 Å². The molecule has 0 aliphatic carbocycles. The quantitative estimate of drug-likeness (QED) is 0.862. The van der Waals surface area contributed by atoms with E-state index in [1.165, 1.54) is 14.0 Å². The minimum atomic E-state index is -1.05. The molecule has 1 aromatic carbocycles. The van der Waals surface area contributed by atoms with Gasteiger partial charge in [-0.05, 0) is 18.1 Å². The molecular weight excluding hydrogens is 218 g/mol. The van der Waals surface area contributed by atoms with E-state index in [0.29, 0.717) is 0 Å². The molecule has 1 N–H and O–H groups in total. The van der Waals surface area contributed by atoms with Crippen molar-refractivity contribution in [2.75, 3.05) is 7.11 Å². The van der Waals surface area contributed by atoms with Crippen LogP contribution in [0.4, 0.5) is 8.78 Å². The van der Waals surface area contributed by atoms with E-state index in [1.807, 2.05) is 0 Å². The topological polar surface area (TPSA) is 46.5 Å². The lowest BCUT2D eigenvalue weighted by molar-refractivity contribution is -0.141. The van der Waals surface area contributed by atoms with Crippen LogP contribution in [0.5, 0.6) is 5.75 Å². The van der Waals surface area contributed by atoms with Crippen LogP contribution in [-0.4, -0.2) is 18.2 Å². The third kappa shape index (κ3) is 2.68. The zero-order valence-corrected chi connectivity index (χ0v) is 8.96. The monoisotopic (exact) mass is 230 g/mol. The molecule has 0 radical (unpaired) electrons. The Balaban J connectivity index is 3.04. The number of aliphatic carboxylic acids is 1. The molecule has 1 aromatic rings. The Morgan fingerprint density at radius 3 is 2.62 bits per heavy atom. The molecule has 0 aliphatic rings. The van der Waals surface area contributed by atoms with Gasteiger partial charge in [0.05, 0.1) is 13.0 Å². The van der Waals surface area contributed by atoms with E-state index in [2.05, 4.69) is 4.74 Å². The van der Waals surface area contributed by atoms with Crippen molar-refractivity contribution in [3.05, 3.63) is 29.3 Å². The molecule has 1 atom stereocenters. The van der Waals surface area contributed by atoms with E-state index < -0.39 is 23.5 Å². The van der Waals surface area contributed by atoms with Gasteiger partial charge < -0.3 is 9.84 Å². The van der Waals surface area contributed by atoms with Crippen LogP contribution >= 0.6 is 0 Å². The standard InChI is InChI=1S/C11H12F2O3/c1-6(11(14)15)3-7-4-8(12)5-9(16-2)10(7)13/h4-6H,3H2,1-2H3,(H,14,15). The van der Waals surface area contributed by atoms with Crippen molar-refractivity contribution < 1.29 is 23.4 Å². The highest BCUT2D eigenvalue weighted by molar-refractivity contribution is 5.69. The van der Waals surface area contributed by atoms with Crippen molar-refractivity contribution in [1.82, 2.24) is 0 Å². The number of hydrogen-bond acceptors (Lipinski definition) is 2. The highest BCUT2D eigenvalue weighted by Gasteiger charge is 2.17. The summed E-state index contributed by atoms with van der Waals surface area (Å²) in [5.74, 6) is -3.40. The largest absolute Gasteiger partial charge is 0.494 e. The fraction of sp³-hybridized carbons (Fsp3) is 0.364. The molecular formula is C11H12F2O3. The number of ether oxygens (including phenoxy) is 1. The molecule has 0 saturated heterocycles. The molecule has 16 heavy (non-hydrogen) atoms. The van der Waals surface area contributed by atoms with Crippen molar-refractivity contribution in [3.8, 4) is 5.75 Å². The molecule has 0 saturated carbocycles. The minimum absolute atomic E-state index is 0.00625. The molecule has 0 spiro atoms. The van der Waals surface area contributed by atoms with Crippen LogP contribution < -0.4 is 4.74 Å². The summed E-state index contributed by atoms with van der Waals surface area (Å²) in [5, 5.41) is 8.68. The van der Waals surface area contributed by atoms with Crippen LogP contribution in [0.25, 0.3) is 0 Å². The van der Waals surface area contributed by atoms with Crippen LogP contribution in [0.2, 0.25) is 0 Å². The van der Waals surface area contributed by atoms with Gasteiger partial charge in [0.1, 0.15) is 5.82 Å². The molecule has 1 unspecified atom stereocenters. The first-order valence-electron chi connectivity index (χ1n) is 4.70. The van der Waals surface area contributed by atoms with Crippen molar-refractivity contribution in [1.29, 1.82) is 0 Å².